The second kappa shape index (κ2) is 7.60. The zero-order valence-corrected chi connectivity index (χ0v) is 12.8. The third kappa shape index (κ3) is 4.08. The van der Waals surface area contributed by atoms with Crippen molar-refractivity contribution in [1.82, 2.24) is 10.6 Å². The number of hydrogen-bond acceptors (Lipinski definition) is 3. The van der Waals surface area contributed by atoms with Gasteiger partial charge in [0, 0.05) is 7.05 Å². The number of nitrogens with zero attached hydrogens (tertiary/aromatic N) is 1. The average molecular weight is 299 g/mol. The maximum Gasteiger partial charge on any atom is 0.321 e. The number of nitrogens with one attached hydrogen (secondary N) is 2. The molecule has 1 aromatic carbocycles. The van der Waals surface area contributed by atoms with Crippen LogP contribution >= 0.6 is 0 Å². The molecule has 1 aliphatic carbocycles. The molecule has 22 heavy (non-hydrogen) atoms. The molecule has 0 aromatic heterocycles. The van der Waals surface area contributed by atoms with E-state index < -0.39 is 6.03 Å². The van der Waals surface area contributed by atoms with Gasteiger partial charge in [-0.2, -0.15) is 5.26 Å². The van der Waals surface area contributed by atoms with Gasteiger partial charge in [0.15, 0.2) is 0 Å². The Kier molecular flexibility index (Phi) is 5.54. The third-order valence-electron chi connectivity index (χ3n) is 4.27. The lowest BCUT2D eigenvalue weighted by molar-refractivity contribution is -0.121. The van der Waals surface area contributed by atoms with Crippen LogP contribution in [0.25, 0.3) is 0 Å². The zero-order chi connectivity index (χ0) is 15.9. The quantitative estimate of drug-likeness (QED) is 0.896. The molecule has 0 radical (unpaired) electrons. The van der Waals surface area contributed by atoms with Crippen molar-refractivity contribution < 1.29 is 9.59 Å². The van der Waals surface area contributed by atoms with Gasteiger partial charge in [-0.15, -0.1) is 0 Å². The van der Waals surface area contributed by atoms with Gasteiger partial charge in [-0.1, -0.05) is 37.8 Å². The van der Waals surface area contributed by atoms with E-state index in [4.69, 9.17) is 5.26 Å². The zero-order valence-electron chi connectivity index (χ0n) is 12.8. The van der Waals surface area contributed by atoms with Crippen molar-refractivity contribution in [2.24, 2.45) is 5.92 Å². The first-order chi connectivity index (χ1) is 10.6. The van der Waals surface area contributed by atoms with E-state index in [1.54, 1.807) is 12.1 Å². The van der Waals surface area contributed by atoms with Gasteiger partial charge in [-0.05, 0) is 30.0 Å². The van der Waals surface area contributed by atoms with Crippen molar-refractivity contribution in [1.29, 1.82) is 5.26 Å². The lowest BCUT2D eigenvalue weighted by Crippen LogP contribution is -2.40. The van der Waals surface area contributed by atoms with E-state index in [0.717, 1.165) is 24.8 Å². The van der Waals surface area contributed by atoms with Crippen LogP contribution in [0.15, 0.2) is 24.3 Å². The second-order valence-electron chi connectivity index (χ2n) is 5.74. The Balaban J connectivity index is 2.17. The molecule has 1 saturated carbocycles. The van der Waals surface area contributed by atoms with Crippen LogP contribution in [0, 0.1) is 17.2 Å². The van der Waals surface area contributed by atoms with E-state index in [0.29, 0.717) is 11.5 Å². The largest absolute Gasteiger partial charge is 0.341 e. The highest BCUT2D eigenvalue weighted by Gasteiger charge is 2.27. The van der Waals surface area contributed by atoms with E-state index in [2.05, 4.69) is 16.7 Å². The maximum atomic E-state index is 12.4. The summed E-state index contributed by atoms with van der Waals surface area (Å²) in [7, 11) is 1.48. The first kappa shape index (κ1) is 16.0. The number of imide groups is 1. The van der Waals surface area contributed by atoms with Gasteiger partial charge in [-0.3, -0.25) is 10.1 Å². The Bertz CT molecular complexity index is 569. The minimum atomic E-state index is -0.491. The fourth-order valence-electron chi connectivity index (χ4n) is 3.03. The van der Waals surface area contributed by atoms with E-state index in [-0.39, 0.29) is 11.8 Å². The SMILES string of the molecule is CNC(=O)NC(=O)C(CC1CCCC1)c1ccc(C#N)cc1. The van der Waals surface area contributed by atoms with Crippen LogP contribution in [0.2, 0.25) is 0 Å². The monoisotopic (exact) mass is 299 g/mol. The lowest BCUT2D eigenvalue weighted by atomic mass is 9.87. The molecule has 1 fully saturated rings. The highest BCUT2D eigenvalue weighted by Crippen LogP contribution is 2.34. The number of carbonyl (C=O) groups excluding carboxylic acids is 2. The molecule has 116 valence electrons. The maximum absolute atomic E-state index is 12.4. The molecular weight excluding hydrogens is 278 g/mol. The Hall–Kier alpha value is -2.35. The molecule has 2 N–H and O–H groups in total. The van der Waals surface area contributed by atoms with Gasteiger partial charge in [0.1, 0.15) is 0 Å². The summed E-state index contributed by atoms with van der Waals surface area (Å²) in [6.07, 6.45) is 5.44. The fourth-order valence-corrected chi connectivity index (χ4v) is 3.03. The van der Waals surface area contributed by atoms with Crippen molar-refractivity contribution in [3.63, 3.8) is 0 Å². The Morgan fingerprint density at radius 3 is 2.45 bits per heavy atom. The van der Waals surface area contributed by atoms with Crippen molar-refractivity contribution >= 4 is 11.9 Å². The van der Waals surface area contributed by atoms with Gasteiger partial charge in [-0.25, -0.2) is 4.79 Å². The molecule has 5 heteroatoms. The second-order valence-corrected chi connectivity index (χ2v) is 5.74. The molecule has 1 aliphatic rings. The molecule has 0 bridgehead atoms. The minimum Gasteiger partial charge on any atom is -0.341 e. The summed E-state index contributed by atoms with van der Waals surface area (Å²) in [5.41, 5.74) is 1.42. The number of amides is 3. The molecule has 2 rings (SSSR count). The van der Waals surface area contributed by atoms with Crippen LogP contribution in [0.4, 0.5) is 4.79 Å². The first-order valence-corrected chi connectivity index (χ1v) is 7.66. The van der Waals surface area contributed by atoms with Crippen LogP contribution in [0.5, 0.6) is 0 Å². The lowest BCUT2D eigenvalue weighted by Gasteiger charge is -2.20. The summed E-state index contributed by atoms with van der Waals surface area (Å²) in [6, 6.07) is 8.62. The van der Waals surface area contributed by atoms with E-state index in [9.17, 15) is 9.59 Å². The summed E-state index contributed by atoms with van der Waals surface area (Å²) < 4.78 is 0. The average Bonchev–Trinajstić information content (AvgIpc) is 3.05. The molecule has 0 spiro atoms. The third-order valence-corrected chi connectivity index (χ3v) is 4.27. The van der Waals surface area contributed by atoms with Crippen molar-refractivity contribution in [3.05, 3.63) is 35.4 Å². The Morgan fingerprint density at radius 1 is 1.27 bits per heavy atom. The first-order valence-electron chi connectivity index (χ1n) is 7.66. The standard InChI is InChI=1S/C17H21N3O2/c1-19-17(22)20-16(21)15(10-12-4-2-3-5-12)14-8-6-13(11-18)7-9-14/h6-9,12,15H,2-5,10H2,1H3,(H2,19,20,21,22). The van der Waals surface area contributed by atoms with Crippen LogP contribution in [0.3, 0.4) is 0 Å². The normalized spacial score (nSPS) is 15.8. The number of urea groups is 1. The predicted molar refractivity (Wildman–Crippen MR) is 83.1 cm³/mol. The highest BCUT2D eigenvalue weighted by molar-refractivity contribution is 5.97. The minimum absolute atomic E-state index is 0.282. The smallest absolute Gasteiger partial charge is 0.321 e. The summed E-state index contributed by atoms with van der Waals surface area (Å²) in [5.74, 6) is -0.111. The van der Waals surface area contributed by atoms with E-state index >= 15 is 0 Å². The molecule has 0 saturated heterocycles. The molecule has 1 aromatic rings. The Morgan fingerprint density at radius 2 is 1.91 bits per heavy atom. The summed E-state index contributed by atoms with van der Waals surface area (Å²) >= 11 is 0. The topological polar surface area (TPSA) is 82.0 Å². The summed E-state index contributed by atoms with van der Waals surface area (Å²) in [4.78, 5) is 23.8. The van der Waals surface area contributed by atoms with Crippen molar-refractivity contribution in [3.8, 4) is 6.07 Å². The molecule has 5 nitrogen and oxygen atoms in total. The van der Waals surface area contributed by atoms with E-state index in [1.807, 2.05) is 12.1 Å². The molecule has 3 amide bonds. The number of benzene rings is 1. The van der Waals surface area contributed by atoms with Crippen LogP contribution in [-0.4, -0.2) is 19.0 Å². The highest BCUT2D eigenvalue weighted by atomic mass is 16.2. The number of nitriles is 1. The van der Waals surface area contributed by atoms with Crippen LogP contribution in [-0.2, 0) is 4.79 Å². The van der Waals surface area contributed by atoms with Crippen LogP contribution < -0.4 is 10.6 Å². The molecule has 1 unspecified atom stereocenters. The van der Waals surface area contributed by atoms with Crippen LogP contribution in [0.1, 0.15) is 49.1 Å². The Labute approximate surface area is 130 Å². The number of hydrogen-bond donors (Lipinski definition) is 2. The summed E-state index contributed by atoms with van der Waals surface area (Å²) in [6.45, 7) is 0. The van der Waals surface area contributed by atoms with Gasteiger partial charge in [0.25, 0.3) is 0 Å². The predicted octanol–water partition coefficient (Wildman–Crippen LogP) is 2.68. The summed E-state index contributed by atoms with van der Waals surface area (Å²) in [5, 5.41) is 13.7. The molecule has 0 aliphatic heterocycles. The number of rotatable bonds is 4. The molecule has 1 atom stereocenters. The van der Waals surface area contributed by atoms with Gasteiger partial charge in [0.2, 0.25) is 5.91 Å². The number of carbonyl (C=O) groups is 2. The van der Waals surface area contributed by atoms with Crippen molar-refractivity contribution in [2.45, 2.75) is 38.0 Å². The molecule has 0 heterocycles. The van der Waals surface area contributed by atoms with Gasteiger partial charge in [0.05, 0.1) is 17.6 Å². The van der Waals surface area contributed by atoms with E-state index in [1.165, 1.54) is 19.9 Å². The van der Waals surface area contributed by atoms with Gasteiger partial charge < -0.3 is 5.32 Å². The van der Waals surface area contributed by atoms with Gasteiger partial charge >= 0.3 is 6.03 Å². The molecular formula is C17H21N3O2. The fraction of sp³-hybridized carbons (Fsp3) is 0.471. The van der Waals surface area contributed by atoms with Crippen molar-refractivity contribution in [2.75, 3.05) is 7.05 Å².